The molecular formula is C16H24O7. The number of carbonyl (C=O) groups is 1. The minimum absolute atomic E-state index is 0.0233. The molecule has 23 heavy (non-hydrogen) atoms. The van der Waals surface area contributed by atoms with E-state index >= 15 is 0 Å². The van der Waals surface area contributed by atoms with Gasteiger partial charge in [0, 0.05) is 14.2 Å². The molecule has 1 aromatic carbocycles. The molecule has 0 amide bonds. The third-order valence-corrected chi connectivity index (χ3v) is 2.97. The number of benzene rings is 1. The van der Waals surface area contributed by atoms with Gasteiger partial charge in [-0.2, -0.15) is 0 Å². The average molecular weight is 328 g/mol. The lowest BCUT2D eigenvalue weighted by molar-refractivity contribution is -0.0103. The first-order valence-electron chi connectivity index (χ1n) is 7.18. The van der Waals surface area contributed by atoms with Crippen LogP contribution in [-0.2, 0) is 18.9 Å². The summed E-state index contributed by atoms with van der Waals surface area (Å²) in [5, 5.41) is 0. The quantitative estimate of drug-likeness (QED) is 0.348. The summed E-state index contributed by atoms with van der Waals surface area (Å²) in [5.74, 6) is 0.272. The fraction of sp³-hybridized carbons (Fsp3) is 0.562. The van der Waals surface area contributed by atoms with Gasteiger partial charge >= 0.3 is 5.97 Å². The lowest BCUT2D eigenvalue weighted by Crippen LogP contribution is -2.13. The summed E-state index contributed by atoms with van der Waals surface area (Å²) in [7, 11) is 4.48. The van der Waals surface area contributed by atoms with E-state index in [1.165, 1.54) is 7.11 Å². The molecule has 7 nitrogen and oxygen atoms in total. The minimum Gasteiger partial charge on any atom is -0.486 e. The highest BCUT2D eigenvalue weighted by atomic mass is 16.7. The Morgan fingerprint density at radius 2 is 1.61 bits per heavy atom. The van der Waals surface area contributed by atoms with E-state index in [1.54, 1.807) is 26.4 Å². The van der Waals surface area contributed by atoms with E-state index in [4.69, 9.17) is 28.4 Å². The molecule has 0 saturated heterocycles. The Kier molecular flexibility index (Phi) is 9.04. The van der Waals surface area contributed by atoms with E-state index in [2.05, 4.69) is 0 Å². The lowest BCUT2D eigenvalue weighted by atomic mass is 10.1. The van der Waals surface area contributed by atoms with Crippen LogP contribution in [0.5, 0.6) is 11.5 Å². The van der Waals surface area contributed by atoms with Gasteiger partial charge in [-0.05, 0) is 18.6 Å². The molecule has 0 radical (unpaired) electrons. The summed E-state index contributed by atoms with van der Waals surface area (Å²) in [4.78, 5) is 11.9. The van der Waals surface area contributed by atoms with Crippen molar-refractivity contribution in [2.45, 2.75) is 6.92 Å². The van der Waals surface area contributed by atoms with Gasteiger partial charge in [0.25, 0.3) is 0 Å². The molecule has 0 spiro atoms. The predicted molar refractivity (Wildman–Crippen MR) is 83.2 cm³/mol. The number of ether oxygens (including phenoxy) is 6. The minimum atomic E-state index is -0.498. The Hall–Kier alpha value is -1.83. The second kappa shape index (κ2) is 10.8. The van der Waals surface area contributed by atoms with Gasteiger partial charge in [0.1, 0.15) is 12.2 Å². The maximum atomic E-state index is 11.9. The van der Waals surface area contributed by atoms with Gasteiger partial charge in [-0.15, -0.1) is 0 Å². The van der Waals surface area contributed by atoms with E-state index in [1.807, 2.05) is 6.92 Å². The van der Waals surface area contributed by atoms with Gasteiger partial charge in [0.15, 0.2) is 18.3 Å². The van der Waals surface area contributed by atoms with Crippen molar-refractivity contribution in [2.75, 3.05) is 54.5 Å². The van der Waals surface area contributed by atoms with Crippen molar-refractivity contribution < 1.29 is 33.2 Å². The van der Waals surface area contributed by atoms with Crippen molar-refractivity contribution >= 4 is 5.97 Å². The van der Waals surface area contributed by atoms with Crippen LogP contribution in [0.25, 0.3) is 0 Å². The molecule has 7 heteroatoms. The summed E-state index contributed by atoms with van der Waals surface area (Å²) in [6.45, 7) is 3.43. The molecule has 0 aliphatic heterocycles. The van der Waals surface area contributed by atoms with E-state index in [-0.39, 0.29) is 13.4 Å². The summed E-state index contributed by atoms with van der Waals surface area (Å²) in [6.07, 6.45) is 0. The number of hydrogen-bond donors (Lipinski definition) is 0. The van der Waals surface area contributed by atoms with Crippen LogP contribution in [-0.4, -0.2) is 60.5 Å². The van der Waals surface area contributed by atoms with Crippen molar-refractivity contribution in [3.8, 4) is 11.5 Å². The Morgan fingerprint density at radius 3 is 2.26 bits per heavy atom. The van der Waals surface area contributed by atoms with Crippen LogP contribution in [0.1, 0.15) is 15.9 Å². The third kappa shape index (κ3) is 6.05. The van der Waals surface area contributed by atoms with Gasteiger partial charge in [0.05, 0.1) is 26.9 Å². The largest absolute Gasteiger partial charge is 0.486 e. The maximum Gasteiger partial charge on any atom is 0.341 e. The van der Waals surface area contributed by atoms with Crippen molar-refractivity contribution in [1.29, 1.82) is 0 Å². The number of methoxy groups -OCH3 is 3. The highest BCUT2D eigenvalue weighted by Crippen LogP contribution is 2.35. The fourth-order valence-corrected chi connectivity index (χ4v) is 1.78. The Labute approximate surface area is 136 Å². The van der Waals surface area contributed by atoms with E-state index < -0.39 is 5.97 Å². The number of hydrogen-bond acceptors (Lipinski definition) is 7. The topological polar surface area (TPSA) is 72.5 Å². The molecule has 0 fully saturated rings. The first-order valence-corrected chi connectivity index (χ1v) is 7.18. The smallest absolute Gasteiger partial charge is 0.341 e. The van der Waals surface area contributed by atoms with Crippen LogP contribution in [0.4, 0.5) is 0 Å². The zero-order chi connectivity index (χ0) is 17.1. The summed E-state index contributed by atoms with van der Waals surface area (Å²) in [5.41, 5.74) is 1.11. The normalized spacial score (nSPS) is 10.4. The molecule has 1 aromatic rings. The number of rotatable bonds is 11. The SMILES string of the molecule is COCCOCOc1c(C)ccc(C(=O)OC)c1OCCOC. The molecule has 0 aliphatic rings. The molecule has 0 bridgehead atoms. The van der Waals surface area contributed by atoms with Gasteiger partial charge in [0.2, 0.25) is 0 Å². The van der Waals surface area contributed by atoms with Crippen molar-refractivity contribution in [2.24, 2.45) is 0 Å². The fourth-order valence-electron chi connectivity index (χ4n) is 1.78. The average Bonchev–Trinajstić information content (AvgIpc) is 2.56. The summed E-state index contributed by atoms with van der Waals surface area (Å²) < 4.78 is 31.2. The molecule has 0 unspecified atom stereocenters. The van der Waals surface area contributed by atoms with E-state index in [0.717, 1.165) is 5.56 Å². The monoisotopic (exact) mass is 328 g/mol. The first kappa shape index (κ1) is 19.2. The third-order valence-electron chi connectivity index (χ3n) is 2.97. The van der Waals surface area contributed by atoms with Gasteiger partial charge in [-0.1, -0.05) is 6.07 Å². The number of aryl methyl sites for hydroxylation is 1. The van der Waals surface area contributed by atoms with Crippen LogP contribution < -0.4 is 9.47 Å². The van der Waals surface area contributed by atoms with Crippen molar-refractivity contribution in [1.82, 2.24) is 0 Å². The van der Waals surface area contributed by atoms with Gasteiger partial charge in [-0.25, -0.2) is 4.79 Å². The molecule has 0 saturated carbocycles. The van der Waals surface area contributed by atoms with E-state index in [0.29, 0.717) is 36.9 Å². The van der Waals surface area contributed by atoms with E-state index in [9.17, 15) is 4.79 Å². The van der Waals surface area contributed by atoms with Crippen LogP contribution in [0.15, 0.2) is 12.1 Å². The molecular weight excluding hydrogens is 304 g/mol. The molecule has 1 rings (SSSR count). The van der Waals surface area contributed by atoms with Crippen LogP contribution in [0.3, 0.4) is 0 Å². The van der Waals surface area contributed by atoms with Crippen LogP contribution in [0, 0.1) is 6.92 Å². The lowest BCUT2D eigenvalue weighted by Gasteiger charge is -2.17. The van der Waals surface area contributed by atoms with Crippen LogP contribution >= 0.6 is 0 Å². The zero-order valence-electron chi connectivity index (χ0n) is 14.0. The highest BCUT2D eigenvalue weighted by Gasteiger charge is 2.20. The van der Waals surface area contributed by atoms with Gasteiger partial charge < -0.3 is 28.4 Å². The Morgan fingerprint density at radius 1 is 0.913 bits per heavy atom. The predicted octanol–water partition coefficient (Wildman–Crippen LogP) is 1.81. The van der Waals surface area contributed by atoms with Crippen molar-refractivity contribution in [3.05, 3.63) is 23.3 Å². The molecule has 130 valence electrons. The van der Waals surface area contributed by atoms with Crippen molar-refractivity contribution in [3.63, 3.8) is 0 Å². The van der Waals surface area contributed by atoms with Gasteiger partial charge in [-0.3, -0.25) is 0 Å². The summed E-state index contributed by atoms with van der Waals surface area (Å²) in [6, 6.07) is 3.40. The van der Waals surface area contributed by atoms with Crippen LogP contribution in [0.2, 0.25) is 0 Å². The second-order valence-corrected chi connectivity index (χ2v) is 4.58. The summed E-state index contributed by atoms with van der Waals surface area (Å²) >= 11 is 0. The standard InChI is InChI=1S/C16H24O7/c1-12-5-6-13(16(17)20-4)15(22-10-8-19-3)14(12)23-11-21-9-7-18-2/h5-6H,7-11H2,1-4H3. The second-order valence-electron chi connectivity index (χ2n) is 4.58. The number of carbonyl (C=O) groups excluding carboxylic acids is 1. The molecule has 0 aliphatic carbocycles. The number of esters is 1. The molecule has 0 heterocycles. The Bertz CT molecular complexity index is 488. The maximum absolute atomic E-state index is 11.9. The first-order chi connectivity index (χ1) is 11.2. The molecule has 0 atom stereocenters. The molecule has 0 aromatic heterocycles. The Balaban J connectivity index is 2.92. The highest BCUT2D eigenvalue weighted by molar-refractivity contribution is 5.93. The zero-order valence-corrected chi connectivity index (χ0v) is 14.0. The molecule has 0 N–H and O–H groups in total.